The minimum absolute atomic E-state index is 0.430. The summed E-state index contributed by atoms with van der Waals surface area (Å²) in [4.78, 5) is 0. The van der Waals surface area contributed by atoms with Crippen LogP contribution < -0.4 is 5.32 Å². The lowest BCUT2D eigenvalue weighted by Crippen LogP contribution is -2.24. The van der Waals surface area contributed by atoms with E-state index >= 15 is 0 Å². The van der Waals surface area contributed by atoms with Crippen molar-refractivity contribution in [1.29, 1.82) is 0 Å². The molecule has 1 aliphatic carbocycles. The Balaban J connectivity index is 2.01. The molecule has 0 radical (unpaired) electrons. The van der Waals surface area contributed by atoms with Gasteiger partial charge >= 0.3 is 0 Å². The van der Waals surface area contributed by atoms with Crippen molar-refractivity contribution in [3.05, 3.63) is 5.82 Å². The summed E-state index contributed by atoms with van der Waals surface area (Å²) in [5.41, 5.74) is 0. The smallest absolute Gasteiger partial charge is 0.165 e. The number of hydrogen-bond acceptors (Lipinski definition) is 4. The Morgan fingerprint density at radius 2 is 2.12 bits per heavy atom. The molecule has 0 amide bonds. The van der Waals surface area contributed by atoms with E-state index in [0.717, 1.165) is 24.8 Å². The van der Waals surface area contributed by atoms with Crippen molar-refractivity contribution >= 4 is 0 Å². The third-order valence-electron chi connectivity index (χ3n) is 3.81. The van der Waals surface area contributed by atoms with E-state index < -0.39 is 0 Å². The predicted molar refractivity (Wildman–Crippen MR) is 66.5 cm³/mol. The molecule has 1 aromatic rings. The van der Waals surface area contributed by atoms with E-state index in [0.29, 0.717) is 6.04 Å². The van der Waals surface area contributed by atoms with Gasteiger partial charge < -0.3 is 5.32 Å². The van der Waals surface area contributed by atoms with Crippen LogP contribution in [-0.4, -0.2) is 26.8 Å². The van der Waals surface area contributed by atoms with E-state index in [1.807, 2.05) is 4.68 Å². The number of nitrogens with one attached hydrogen (secondary N) is 1. The molecular formula is C12H23N5. The predicted octanol–water partition coefficient (Wildman–Crippen LogP) is 1.92. The molecule has 1 aliphatic rings. The first-order chi connectivity index (χ1) is 8.33. The third kappa shape index (κ3) is 3.03. The molecule has 1 saturated carbocycles. The average Bonchev–Trinajstić information content (AvgIpc) is 2.84. The highest BCUT2D eigenvalue weighted by Crippen LogP contribution is 2.32. The first-order valence-electron chi connectivity index (χ1n) is 6.80. The van der Waals surface area contributed by atoms with E-state index in [1.165, 1.54) is 32.1 Å². The molecule has 1 N–H and O–H groups in total. The lowest BCUT2D eigenvalue weighted by Gasteiger charge is -2.27. The highest BCUT2D eigenvalue weighted by Gasteiger charge is 2.24. The molecular weight excluding hydrogens is 214 g/mol. The highest BCUT2D eigenvalue weighted by atomic mass is 15.6. The Bertz CT molecular complexity index is 329. The maximum absolute atomic E-state index is 4.16. The van der Waals surface area contributed by atoms with Gasteiger partial charge in [-0.25, -0.2) is 4.68 Å². The summed E-state index contributed by atoms with van der Waals surface area (Å²) < 4.78 is 2.01. The Morgan fingerprint density at radius 1 is 1.35 bits per heavy atom. The second-order valence-corrected chi connectivity index (χ2v) is 4.96. The fraction of sp³-hybridized carbons (Fsp3) is 0.917. The molecule has 1 aromatic heterocycles. The first kappa shape index (κ1) is 12.5. The van der Waals surface area contributed by atoms with E-state index in [2.05, 4.69) is 34.7 Å². The van der Waals surface area contributed by atoms with Gasteiger partial charge in [0, 0.05) is 0 Å². The zero-order valence-electron chi connectivity index (χ0n) is 10.9. The summed E-state index contributed by atoms with van der Waals surface area (Å²) >= 11 is 0. The first-order valence-corrected chi connectivity index (χ1v) is 6.80. The lowest BCUT2D eigenvalue weighted by atomic mass is 9.84. The van der Waals surface area contributed by atoms with Crippen LogP contribution in [0.5, 0.6) is 0 Å². The summed E-state index contributed by atoms with van der Waals surface area (Å²) in [5, 5.41) is 15.4. The van der Waals surface area contributed by atoms with Crippen molar-refractivity contribution in [2.24, 2.45) is 5.92 Å². The van der Waals surface area contributed by atoms with E-state index in [1.54, 1.807) is 0 Å². The van der Waals surface area contributed by atoms with Gasteiger partial charge in [0.25, 0.3) is 0 Å². The Kier molecular flexibility index (Phi) is 4.48. The topological polar surface area (TPSA) is 55.6 Å². The van der Waals surface area contributed by atoms with E-state index in [-0.39, 0.29) is 0 Å². The molecule has 17 heavy (non-hydrogen) atoms. The molecule has 1 fully saturated rings. The third-order valence-corrected chi connectivity index (χ3v) is 3.81. The van der Waals surface area contributed by atoms with E-state index in [4.69, 9.17) is 0 Å². The van der Waals surface area contributed by atoms with Crippen molar-refractivity contribution in [3.8, 4) is 0 Å². The van der Waals surface area contributed by atoms with Crippen LogP contribution in [0, 0.1) is 5.92 Å². The van der Waals surface area contributed by atoms with Crippen LogP contribution >= 0.6 is 0 Å². The van der Waals surface area contributed by atoms with Crippen molar-refractivity contribution in [2.75, 3.05) is 6.54 Å². The molecule has 0 aromatic carbocycles. The second kappa shape index (κ2) is 6.10. The summed E-state index contributed by atoms with van der Waals surface area (Å²) in [5.74, 6) is 1.71. The van der Waals surface area contributed by atoms with Gasteiger partial charge in [-0.15, -0.1) is 5.10 Å². The van der Waals surface area contributed by atoms with E-state index in [9.17, 15) is 0 Å². The van der Waals surface area contributed by atoms with Crippen molar-refractivity contribution in [1.82, 2.24) is 25.5 Å². The minimum Gasteiger partial charge on any atom is -0.310 e. The van der Waals surface area contributed by atoms with Crippen LogP contribution in [-0.2, 0) is 6.54 Å². The summed E-state index contributed by atoms with van der Waals surface area (Å²) in [6, 6.07) is 0.430. The fourth-order valence-corrected chi connectivity index (χ4v) is 2.70. The quantitative estimate of drug-likeness (QED) is 0.850. The molecule has 5 nitrogen and oxygen atoms in total. The summed E-state index contributed by atoms with van der Waals surface area (Å²) in [6.07, 6.45) is 6.76. The number of tetrazole rings is 1. The van der Waals surface area contributed by atoms with Gasteiger partial charge in [0.15, 0.2) is 5.82 Å². The molecule has 96 valence electrons. The van der Waals surface area contributed by atoms with Crippen LogP contribution in [0.1, 0.15) is 57.8 Å². The molecule has 0 bridgehead atoms. The van der Waals surface area contributed by atoms with Gasteiger partial charge in [0.05, 0.1) is 12.6 Å². The van der Waals surface area contributed by atoms with Crippen molar-refractivity contribution in [2.45, 2.75) is 58.5 Å². The van der Waals surface area contributed by atoms with Crippen LogP contribution in [0.15, 0.2) is 0 Å². The fourth-order valence-electron chi connectivity index (χ4n) is 2.70. The highest BCUT2D eigenvalue weighted by molar-refractivity contribution is 4.85. The van der Waals surface area contributed by atoms with Crippen LogP contribution in [0.4, 0.5) is 0 Å². The largest absolute Gasteiger partial charge is 0.310 e. The lowest BCUT2D eigenvalue weighted by molar-refractivity contribution is 0.242. The number of aromatic nitrogens is 4. The maximum atomic E-state index is 4.16. The SMILES string of the molecule is CCNCc1nnnn1C(C)C1CCCCC1. The summed E-state index contributed by atoms with van der Waals surface area (Å²) in [7, 11) is 0. The zero-order valence-corrected chi connectivity index (χ0v) is 10.9. The number of rotatable bonds is 5. The molecule has 0 aliphatic heterocycles. The van der Waals surface area contributed by atoms with Gasteiger partial charge in [-0.1, -0.05) is 26.2 Å². The Hall–Kier alpha value is -0.970. The second-order valence-electron chi connectivity index (χ2n) is 4.96. The van der Waals surface area contributed by atoms with Gasteiger partial charge in [0.2, 0.25) is 0 Å². The zero-order chi connectivity index (χ0) is 12.1. The maximum Gasteiger partial charge on any atom is 0.165 e. The van der Waals surface area contributed by atoms with Gasteiger partial charge in [-0.05, 0) is 42.7 Å². The molecule has 0 saturated heterocycles. The van der Waals surface area contributed by atoms with Crippen molar-refractivity contribution < 1.29 is 0 Å². The standard InChI is InChI=1S/C12H23N5/c1-3-13-9-12-14-15-16-17(12)10(2)11-7-5-4-6-8-11/h10-11,13H,3-9H2,1-2H3. The molecule has 1 unspecified atom stereocenters. The van der Waals surface area contributed by atoms with Gasteiger partial charge in [-0.2, -0.15) is 0 Å². The van der Waals surface area contributed by atoms with Crippen LogP contribution in [0.2, 0.25) is 0 Å². The molecule has 5 heteroatoms. The number of nitrogens with zero attached hydrogens (tertiary/aromatic N) is 4. The molecule has 2 rings (SSSR count). The van der Waals surface area contributed by atoms with Crippen LogP contribution in [0.25, 0.3) is 0 Å². The molecule has 0 spiro atoms. The average molecular weight is 237 g/mol. The Labute approximate surface area is 103 Å². The van der Waals surface area contributed by atoms with Crippen LogP contribution in [0.3, 0.4) is 0 Å². The normalized spacial score (nSPS) is 19.4. The summed E-state index contributed by atoms with van der Waals surface area (Å²) in [6.45, 7) is 6.06. The molecule has 1 heterocycles. The molecule has 1 atom stereocenters. The number of hydrogen-bond donors (Lipinski definition) is 1. The minimum atomic E-state index is 0.430. The monoisotopic (exact) mass is 237 g/mol. The van der Waals surface area contributed by atoms with Crippen molar-refractivity contribution in [3.63, 3.8) is 0 Å². The Morgan fingerprint density at radius 3 is 2.82 bits per heavy atom. The van der Waals surface area contributed by atoms with Gasteiger partial charge in [-0.3, -0.25) is 0 Å². The van der Waals surface area contributed by atoms with Gasteiger partial charge in [0.1, 0.15) is 0 Å².